The van der Waals surface area contributed by atoms with Crippen LogP contribution in [0.25, 0.3) is 0 Å². The Morgan fingerprint density at radius 3 is 2.65 bits per heavy atom. The van der Waals surface area contributed by atoms with Gasteiger partial charge in [0.1, 0.15) is 0 Å². The normalized spacial score (nSPS) is 19.5. The van der Waals surface area contributed by atoms with Gasteiger partial charge in [-0.3, -0.25) is 4.79 Å². The first kappa shape index (κ1) is 20.0. The zero-order valence-electron chi connectivity index (χ0n) is 14.6. The molecular formula is C19H31ClN2O. The van der Waals surface area contributed by atoms with Crippen LogP contribution in [0.1, 0.15) is 45.6 Å². The average Bonchev–Trinajstić information content (AvgIpc) is 2.55. The molecule has 2 rings (SSSR count). The van der Waals surface area contributed by atoms with Gasteiger partial charge in [-0.1, -0.05) is 51.1 Å². The molecule has 2 atom stereocenters. The molecule has 1 heterocycles. The topological polar surface area (TPSA) is 41.1 Å². The second-order valence-electron chi connectivity index (χ2n) is 7.31. The highest BCUT2D eigenvalue weighted by molar-refractivity contribution is 5.85. The van der Waals surface area contributed by atoms with Crippen molar-refractivity contribution in [1.29, 1.82) is 0 Å². The Balaban J connectivity index is 0.00000264. The molecule has 0 aliphatic carbocycles. The number of carbonyl (C=O) groups is 1. The van der Waals surface area contributed by atoms with Gasteiger partial charge in [0.15, 0.2) is 0 Å². The molecule has 0 aromatic heterocycles. The van der Waals surface area contributed by atoms with Crippen LogP contribution in [0, 0.1) is 11.8 Å². The monoisotopic (exact) mass is 338 g/mol. The van der Waals surface area contributed by atoms with Gasteiger partial charge < -0.3 is 10.6 Å². The van der Waals surface area contributed by atoms with E-state index in [1.165, 1.54) is 18.4 Å². The van der Waals surface area contributed by atoms with Gasteiger partial charge in [0.05, 0.1) is 0 Å². The van der Waals surface area contributed by atoms with Crippen molar-refractivity contribution in [3.05, 3.63) is 35.9 Å². The average molecular weight is 339 g/mol. The molecule has 2 N–H and O–H groups in total. The molecule has 1 aromatic carbocycles. The molecule has 0 radical (unpaired) electrons. The van der Waals surface area contributed by atoms with Crippen LogP contribution in [0.2, 0.25) is 0 Å². The highest BCUT2D eigenvalue weighted by atomic mass is 35.5. The molecule has 1 aromatic rings. The third-order valence-electron chi connectivity index (χ3n) is 4.93. The van der Waals surface area contributed by atoms with Crippen LogP contribution in [0.3, 0.4) is 0 Å². The van der Waals surface area contributed by atoms with Crippen LogP contribution in [0.15, 0.2) is 30.3 Å². The van der Waals surface area contributed by atoms with E-state index in [2.05, 4.69) is 55.7 Å². The summed E-state index contributed by atoms with van der Waals surface area (Å²) >= 11 is 0. The zero-order valence-corrected chi connectivity index (χ0v) is 15.4. The van der Waals surface area contributed by atoms with E-state index >= 15 is 0 Å². The maximum absolute atomic E-state index is 12.2. The number of halogens is 1. The van der Waals surface area contributed by atoms with E-state index in [0.717, 1.165) is 13.1 Å². The third kappa shape index (κ3) is 6.15. The first-order valence-corrected chi connectivity index (χ1v) is 8.52. The largest absolute Gasteiger partial charge is 0.355 e. The van der Waals surface area contributed by atoms with Crippen molar-refractivity contribution in [2.75, 3.05) is 19.6 Å². The Bertz CT molecular complexity index is 470. The van der Waals surface area contributed by atoms with E-state index < -0.39 is 0 Å². The van der Waals surface area contributed by atoms with Gasteiger partial charge in [-0.15, -0.1) is 12.4 Å². The quantitative estimate of drug-likeness (QED) is 0.833. The molecule has 2 unspecified atom stereocenters. The van der Waals surface area contributed by atoms with E-state index in [-0.39, 0.29) is 23.7 Å². The minimum absolute atomic E-state index is 0. The van der Waals surface area contributed by atoms with Crippen LogP contribution in [0.4, 0.5) is 0 Å². The number of amides is 1. The van der Waals surface area contributed by atoms with E-state index in [9.17, 15) is 4.79 Å². The van der Waals surface area contributed by atoms with Crippen LogP contribution in [-0.4, -0.2) is 25.5 Å². The molecule has 3 nitrogen and oxygen atoms in total. The fraction of sp³-hybridized carbons (Fsp3) is 0.632. The Morgan fingerprint density at radius 1 is 1.35 bits per heavy atom. The lowest BCUT2D eigenvalue weighted by Crippen LogP contribution is -2.39. The minimum Gasteiger partial charge on any atom is -0.355 e. The smallest absolute Gasteiger partial charge is 0.220 e. The fourth-order valence-electron chi connectivity index (χ4n) is 3.21. The van der Waals surface area contributed by atoms with Gasteiger partial charge >= 0.3 is 0 Å². The van der Waals surface area contributed by atoms with Gasteiger partial charge in [-0.25, -0.2) is 0 Å². The summed E-state index contributed by atoms with van der Waals surface area (Å²) in [4.78, 5) is 12.2. The molecule has 1 amide bonds. The van der Waals surface area contributed by atoms with E-state index in [0.29, 0.717) is 24.8 Å². The molecule has 1 fully saturated rings. The predicted octanol–water partition coefficient (Wildman–Crippen LogP) is 3.53. The van der Waals surface area contributed by atoms with Gasteiger partial charge in [0.25, 0.3) is 0 Å². The van der Waals surface area contributed by atoms with Crippen LogP contribution in [-0.2, 0) is 10.2 Å². The summed E-state index contributed by atoms with van der Waals surface area (Å²) in [5.74, 6) is 1.27. The summed E-state index contributed by atoms with van der Waals surface area (Å²) < 4.78 is 0. The molecular weight excluding hydrogens is 308 g/mol. The van der Waals surface area contributed by atoms with Crippen molar-refractivity contribution in [3.63, 3.8) is 0 Å². The lowest BCUT2D eigenvalue weighted by Gasteiger charge is -2.29. The Labute approximate surface area is 147 Å². The first-order chi connectivity index (χ1) is 10.5. The van der Waals surface area contributed by atoms with Gasteiger partial charge in [-0.05, 0) is 43.3 Å². The number of benzene rings is 1. The maximum Gasteiger partial charge on any atom is 0.220 e. The van der Waals surface area contributed by atoms with E-state index in [4.69, 9.17) is 0 Å². The summed E-state index contributed by atoms with van der Waals surface area (Å²) in [6.45, 7) is 9.43. The number of carbonyl (C=O) groups excluding carboxylic acids is 1. The van der Waals surface area contributed by atoms with Gasteiger partial charge in [0.2, 0.25) is 5.91 Å². The molecule has 0 saturated carbocycles. The van der Waals surface area contributed by atoms with Crippen molar-refractivity contribution in [2.24, 2.45) is 11.8 Å². The predicted molar refractivity (Wildman–Crippen MR) is 99.1 cm³/mol. The molecule has 0 spiro atoms. The van der Waals surface area contributed by atoms with Crippen molar-refractivity contribution in [2.45, 2.75) is 45.4 Å². The SMILES string of the molecule is CC(CC(=O)NCC(C)(C)c1ccccc1)C1CCCNC1.Cl. The number of hydrogen-bond acceptors (Lipinski definition) is 2. The van der Waals surface area contributed by atoms with Crippen LogP contribution < -0.4 is 10.6 Å². The summed E-state index contributed by atoms with van der Waals surface area (Å²) in [6.07, 6.45) is 3.12. The third-order valence-corrected chi connectivity index (χ3v) is 4.93. The summed E-state index contributed by atoms with van der Waals surface area (Å²) in [5, 5.41) is 6.57. The second kappa shape index (κ2) is 9.29. The standard InChI is InChI=1S/C19H30N2O.ClH/c1-15(16-8-7-11-20-13-16)12-18(22)21-14-19(2,3)17-9-5-4-6-10-17;/h4-6,9-10,15-16,20H,7-8,11-14H2,1-3H3,(H,21,22);1H. The lowest BCUT2D eigenvalue weighted by atomic mass is 9.83. The second-order valence-corrected chi connectivity index (χ2v) is 7.31. The highest BCUT2D eigenvalue weighted by Crippen LogP contribution is 2.24. The van der Waals surface area contributed by atoms with Gasteiger partial charge in [0, 0.05) is 18.4 Å². The van der Waals surface area contributed by atoms with Gasteiger partial charge in [-0.2, -0.15) is 0 Å². The minimum atomic E-state index is -0.0352. The van der Waals surface area contributed by atoms with Crippen molar-refractivity contribution in [3.8, 4) is 0 Å². The van der Waals surface area contributed by atoms with Crippen molar-refractivity contribution >= 4 is 18.3 Å². The fourth-order valence-corrected chi connectivity index (χ4v) is 3.21. The summed E-state index contributed by atoms with van der Waals surface area (Å²) in [6, 6.07) is 10.4. The Morgan fingerprint density at radius 2 is 2.04 bits per heavy atom. The molecule has 1 aliphatic heterocycles. The summed E-state index contributed by atoms with van der Waals surface area (Å²) in [7, 11) is 0. The maximum atomic E-state index is 12.2. The summed E-state index contributed by atoms with van der Waals surface area (Å²) in [5.41, 5.74) is 1.23. The molecule has 1 saturated heterocycles. The van der Waals surface area contributed by atoms with Crippen molar-refractivity contribution < 1.29 is 4.79 Å². The number of nitrogens with one attached hydrogen (secondary N) is 2. The first-order valence-electron chi connectivity index (χ1n) is 8.52. The van der Waals surface area contributed by atoms with Crippen molar-refractivity contribution in [1.82, 2.24) is 10.6 Å². The van der Waals surface area contributed by atoms with Crippen LogP contribution in [0.5, 0.6) is 0 Å². The lowest BCUT2D eigenvalue weighted by molar-refractivity contribution is -0.122. The zero-order chi connectivity index (χ0) is 16.0. The van der Waals surface area contributed by atoms with E-state index in [1.54, 1.807) is 0 Å². The molecule has 130 valence electrons. The Hall–Kier alpha value is -1.06. The number of rotatable bonds is 6. The Kier molecular flexibility index (Phi) is 8.07. The van der Waals surface area contributed by atoms with E-state index in [1.807, 2.05) is 6.07 Å². The number of piperidine rings is 1. The number of hydrogen-bond donors (Lipinski definition) is 2. The molecule has 1 aliphatic rings. The molecule has 4 heteroatoms. The molecule has 0 bridgehead atoms. The highest BCUT2D eigenvalue weighted by Gasteiger charge is 2.24. The molecule has 23 heavy (non-hydrogen) atoms. The van der Waals surface area contributed by atoms with Crippen LogP contribution >= 0.6 is 12.4 Å².